The van der Waals surface area contributed by atoms with Crippen molar-refractivity contribution in [3.8, 4) is 0 Å². The summed E-state index contributed by atoms with van der Waals surface area (Å²) in [6.07, 6.45) is 5.62. The summed E-state index contributed by atoms with van der Waals surface area (Å²) in [6, 6.07) is 4.19. The first kappa shape index (κ1) is 19.6. The number of benzene rings is 1. The lowest BCUT2D eigenvalue weighted by Crippen LogP contribution is -2.24. The Balaban J connectivity index is 1.65. The van der Waals surface area contributed by atoms with Crippen LogP contribution in [0.3, 0.4) is 0 Å². The van der Waals surface area contributed by atoms with Crippen LogP contribution < -0.4 is 5.32 Å². The van der Waals surface area contributed by atoms with Crippen molar-refractivity contribution in [2.45, 2.75) is 55.5 Å². The zero-order valence-electron chi connectivity index (χ0n) is 14.7. The monoisotopic (exact) mass is 410 g/mol. The highest BCUT2D eigenvalue weighted by Crippen LogP contribution is 2.32. The van der Waals surface area contributed by atoms with E-state index in [2.05, 4.69) is 20.8 Å². The summed E-state index contributed by atoms with van der Waals surface area (Å²) < 4.78 is 1.81. The molecule has 0 radical (unpaired) electrons. The van der Waals surface area contributed by atoms with Gasteiger partial charge in [0.05, 0.1) is 26.9 Å². The smallest absolute Gasteiger partial charge is 0.271 e. The molecule has 1 aliphatic carbocycles. The molecule has 11 heteroatoms. The summed E-state index contributed by atoms with van der Waals surface area (Å²) in [5.41, 5.74) is 0.193. The summed E-state index contributed by atoms with van der Waals surface area (Å²) in [7, 11) is 0. The fourth-order valence-electron chi connectivity index (χ4n) is 2.98. The molecule has 1 N–H and O–H groups in total. The number of nitrogens with zero attached hydrogens (tertiary/aromatic N) is 5. The van der Waals surface area contributed by atoms with Crippen molar-refractivity contribution < 1.29 is 9.72 Å². The van der Waals surface area contributed by atoms with Crippen LogP contribution in [0.1, 0.15) is 45.1 Å². The predicted octanol–water partition coefficient (Wildman–Crippen LogP) is 3.86. The highest BCUT2D eigenvalue weighted by atomic mass is 35.5. The Hall–Kier alpha value is -2.20. The molecule has 1 aromatic carbocycles. The molecule has 1 unspecified atom stereocenters. The van der Waals surface area contributed by atoms with Crippen molar-refractivity contribution in [2.24, 2.45) is 0 Å². The Morgan fingerprint density at radius 3 is 2.81 bits per heavy atom. The second kappa shape index (κ2) is 8.66. The maximum atomic E-state index is 12.5. The van der Waals surface area contributed by atoms with Crippen LogP contribution in [0.4, 0.5) is 11.4 Å². The van der Waals surface area contributed by atoms with E-state index >= 15 is 0 Å². The largest absolute Gasteiger partial charge is 0.324 e. The standard InChI is InChI=1S/C16H19ClN6O3S/c1-10(15(24)18-14-8-7-12(23(25)26)9-13(14)17)27-16-19-20-21-22(16)11-5-3-2-4-6-11/h7-11H,2-6H2,1H3,(H,18,24). The first-order chi connectivity index (χ1) is 13.0. The van der Waals surface area contributed by atoms with E-state index in [-0.39, 0.29) is 22.7 Å². The number of thioether (sulfide) groups is 1. The highest BCUT2D eigenvalue weighted by Gasteiger charge is 2.24. The number of amides is 1. The molecule has 1 fully saturated rings. The molecule has 1 aromatic heterocycles. The van der Waals surface area contributed by atoms with E-state index in [1.165, 1.54) is 36.4 Å². The Morgan fingerprint density at radius 2 is 2.15 bits per heavy atom. The molecule has 1 amide bonds. The summed E-state index contributed by atoms with van der Waals surface area (Å²) >= 11 is 7.30. The van der Waals surface area contributed by atoms with Crippen molar-refractivity contribution in [1.82, 2.24) is 20.2 Å². The number of anilines is 1. The lowest BCUT2D eigenvalue weighted by molar-refractivity contribution is -0.384. The summed E-state index contributed by atoms with van der Waals surface area (Å²) in [6.45, 7) is 1.75. The van der Waals surface area contributed by atoms with E-state index in [4.69, 9.17) is 11.6 Å². The molecule has 1 atom stereocenters. The van der Waals surface area contributed by atoms with Gasteiger partial charge in [-0.05, 0) is 36.3 Å². The first-order valence-corrected chi connectivity index (χ1v) is 9.91. The fraction of sp³-hybridized carbons (Fsp3) is 0.500. The Morgan fingerprint density at radius 1 is 1.41 bits per heavy atom. The number of hydrogen-bond donors (Lipinski definition) is 1. The number of aromatic nitrogens is 4. The van der Waals surface area contributed by atoms with Crippen LogP contribution in [0.25, 0.3) is 0 Å². The van der Waals surface area contributed by atoms with E-state index in [1.54, 1.807) is 6.92 Å². The second-order valence-corrected chi connectivity index (χ2v) is 8.08. The van der Waals surface area contributed by atoms with E-state index < -0.39 is 10.2 Å². The number of tetrazole rings is 1. The minimum Gasteiger partial charge on any atom is -0.324 e. The van der Waals surface area contributed by atoms with Crippen molar-refractivity contribution in [2.75, 3.05) is 5.32 Å². The predicted molar refractivity (Wildman–Crippen MR) is 102 cm³/mol. The topological polar surface area (TPSA) is 116 Å². The van der Waals surface area contributed by atoms with Gasteiger partial charge in [-0.2, -0.15) is 0 Å². The molecule has 0 saturated heterocycles. The third-order valence-corrected chi connectivity index (χ3v) is 5.82. The van der Waals surface area contributed by atoms with Gasteiger partial charge in [0.1, 0.15) is 0 Å². The van der Waals surface area contributed by atoms with Gasteiger partial charge >= 0.3 is 0 Å². The van der Waals surface area contributed by atoms with Gasteiger partial charge in [0.15, 0.2) is 0 Å². The number of nitrogens with one attached hydrogen (secondary N) is 1. The van der Waals surface area contributed by atoms with Gasteiger partial charge in [0.2, 0.25) is 11.1 Å². The van der Waals surface area contributed by atoms with E-state index in [0.717, 1.165) is 25.7 Å². The van der Waals surface area contributed by atoms with E-state index in [9.17, 15) is 14.9 Å². The normalized spacial score (nSPS) is 16.1. The Labute approximate surface area is 165 Å². The number of halogens is 1. The molecule has 1 aliphatic rings. The van der Waals surface area contributed by atoms with Crippen molar-refractivity contribution in [1.29, 1.82) is 0 Å². The van der Waals surface area contributed by atoms with Crippen molar-refractivity contribution in [3.05, 3.63) is 33.3 Å². The lowest BCUT2D eigenvalue weighted by atomic mass is 9.96. The molecule has 27 heavy (non-hydrogen) atoms. The van der Waals surface area contributed by atoms with Gasteiger partial charge in [0, 0.05) is 12.1 Å². The third kappa shape index (κ3) is 4.75. The zero-order chi connectivity index (χ0) is 19.4. The van der Waals surface area contributed by atoms with Crippen molar-refractivity contribution in [3.63, 3.8) is 0 Å². The van der Waals surface area contributed by atoms with Crippen LogP contribution in [0.2, 0.25) is 5.02 Å². The average molecular weight is 411 g/mol. The minimum absolute atomic E-state index is 0.113. The molecule has 3 rings (SSSR count). The Kier molecular flexibility index (Phi) is 6.27. The number of rotatable bonds is 6. The van der Waals surface area contributed by atoms with Crippen LogP contribution in [0.15, 0.2) is 23.4 Å². The van der Waals surface area contributed by atoms with Gasteiger partial charge in [-0.3, -0.25) is 14.9 Å². The molecule has 9 nitrogen and oxygen atoms in total. The summed E-state index contributed by atoms with van der Waals surface area (Å²) in [5.74, 6) is -0.283. The van der Waals surface area contributed by atoms with Crippen molar-refractivity contribution >= 4 is 40.6 Å². The fourth-order valence-corrected chi connectivity index (χ4v) is 4.06. The van der Waals surface area contributed by atoms with Crippen LogP contribution in [0.5, 0.6) is 0 Å². The van der Waals surface area contributed by atoms with Gasteiger partial charge in [-0.15, -0.1) is 5.10 Å². The number of hydrogen-bond acceptors (Lipinski definition) is 7. The lowest BCUT2D eigenvalue weighted by Gasteiger charge is -2.22. The average Bonchev–Trinajstić information content (AvgIpc) is 3.12. The third-order valence-electron chi connectivity index (χ3n) is 4.46. The summed E-state index contributed by atoms with van der Waals surface area (Å²) in [5, 5.41) is 25.6. The molecular weight excluding hydrogens is 392 g/mol. The van der Waals surface area contributed by atoms with E-state index in [1.807, 2.05) is 4.68 Å². The van der Waals surface area contributed by atoms with Gasteiger partial charge < -0.3 is 5.32 Å². The molecule has 0 bridgehead atoms. The minimum atomic E-state index is -0.541. The maximum Gasteiger partial charge on any atom is 0.271 e. The van der Waals surface area contributed by atoms with Crippen LogP contribution in [-0.4, -0.2) is 36.3 Å². The van der Waals surface area contributed by atoms with Crippen LogP contribution in [0, 0.1) is 10.1 Å². The SMILES string of the molecule is CC(Sc1nnnn1C1CCCCC1)C(=O)Nc1ccc([N+](=O)[O-])cc1Cl. The number of nitro benzene ring substituents is 1. The highest BCUT2D eigenvalue weighted by molar-refractivity contribution is 8.00. The quantitative estimate of drug-likeness (QED) is 0.436. The Bertz CT molecular complexity index is 839. The number of nitro groups is 1. The number of non-ortho nitro benzene ring substituents is 1. The maximum absolute atomic E-state index is 12.5. The van der Waals surface area contributed by atoms with Crippen LogP contribution in [-0.2, 0) is 4.79 Å². The number of carbonyl (C=O) groups is 1. The number of carbonyl (C=O) groups excluding carboxylic acids is 1. The molecule has 1 heterocycles. The molecule has 0 spiro atoms. The molecule has 2 aromatic rings. The van der Waals surface area contributed by atoms with Gasteiger partial charge in [0.25, 0.3) is 5.69 Å². The second-order valence-electron chi connectivity index (χ2n) is 6.37. The van der Waals surface area contributed by atoms with Gasteiger partial charge in [-0.1, -0.05) is 42.6 Å². The molecule has 0 aliphatic heterocycles. The first-order valence-electron chi connectivity index (χ1n) is 8.65. The molecule has 1 saturated carbocycles. The molecular formula is C16H19ClN6O3S. The van der Waals surface area contributed by atoms with E-state index in [0.29, 0.717) is 10.8 Å². The summed E-state index contributed by atoms with van der Waals surface area (Å²) in [4.78, 5) is 22.7. The zero-order valence-corrected chi connectivity index (χ0v) is 16.2. The van der Waals surface area contributed by atoms with Gasteiger partial charge in [-0.25, -0.2) is 4.68 Å². The van der Waals surface area contributed by atoms with Crippen LogP contribution >= 0.6 is 23.4 Å². The molecule has 144 valence electrons.